The number of nitrogens with one attached hydrogen (secondary N) is 1. The van der Waals surface area contributed by atoms with Crippen LogP contribution in [0.3, 0.4) is 0 Å². The summed E-state index contributed by atoms with van der Waals surface area (Å²) >= 11 is 0. The van der Waals surface area contributed by atoms with E-state index in [0.717, 1.165) is 30.6 Å². The molecule has 3 rings (SSSR count). The van der Waals surface area contributed by atoms with Gasteiger partial charge in [0.2, 0.25) is 5.91 Å². The Labute approximate surface area is 170 Å². The fraction of sp³-hybridized carbons (Fsp3) is 0.391. The fourth-order valence-corrected chi connectivity index (χ4v) is 3.64. The van der Waals surface area contributed by atoms with Crippen LogP contribution in [-0.4, -0.2) is 36.9 Å². The zero-order valence-electron chi connectivity index (χ0n) is 16.7. The highest BCUT2D eigenvalue weighted by Crippen LogP contribution is 2.23. The molecule has 1 heterocycles. The van der Waals surface area contributed by atoms with Gasteiger partial charge in [0.1, 0.15) is 11.6 Å². The van der Waals surface area contributed by atoms with E-state index < -0.39 is 5.82 Å². The summed E-state index contributed by atoms with van der Waals surface area (Å²) in [6.45, 7) is 1.68. The van der Waals surface area contributed by atoms with Crippen LogP contribution >= 0.6 is 0 Å². The molecule has 0 unspecified atom stereocenters. The molecule has 5 nitrogen and oxygen atoms in total. The minimum atomic E-state index is -0.479. The van der Waals surface area contributed by atoms with E-state index in [4.69, 9.17) is 4.74 Å². The molecule has 1 fully saturated rings. The first kappa shape index (κ1) is 20.8. The Bertz CT molecular complexity index is 848. The number of carbonyl (C=O) groups is 2. The lowest BCUT2D eigenvalue weighted by molar-refractivity contribution is -0.121. The number of hydrogen-bond acceptors (Lipinski definition) is 3. The van der Waals surface area contributed by atoms with Crippen molar-refractivity contribution in [3.8, 4) is 5.75 Å². The molecule has 2 amide bonds. The average molecular weight is 398 g/mol. The highest BCUT2D eigenvalue weighted by atomic mass is 19.1. The fourth-order valence-electron chi connectivity index (χ4n) is 3.64. The third-order valence-electron chi connectivity index (χ3n) is 5.41. The molecule has 0 spiro atoms. The molecule has 0 aliphatic carbocycles. The molecule has 0 atom stereocenters. The number of benzene rings is 2. The first-order chi connectivity index (χ1) is 14.1. The zero-order chi connectivity index (χ0) is 20.6. The number of carbonyl (C=O) groups excluding carboxylic acids is 2. The molecule has 0 radical (unpaired) electrons. The van der Waals surface area contributed by atoms with Gasteiger partial charge in [0.25, 0.3) is 5.91 Å². The molecule has 29 heavy (non-hydrogen) atoms. The number of methoxy groups -OCH3 is 1. The Morgan fingerprint density at radius 3 is 2.62 bits per heavy atom. The van der Waals surface area contributed by atoms with Crippen LogP contribution in [0.5, 0.6) is 5.75 Å². The van der Waals surface area contributed by atoms with E-state index >= 15 is 0 Å². The van der Waals surface area contributed by atoms with Gasteiger partial charge in [-0.05, 0) is 55.0 Å². The smallest absolute Gasteiger partial charge is 0.256 e. The minimum Gasteiger partial charge on any atom is -0.497 e. The van der Waals surface area contributed by atoms with E-state index in [1.165, 1.54) is 12.1 Å². The van der Waals surface area contributed by atoms with E-state index in [9.17, 15) is 14.0 Å². The number of piperidine rings is 1. The average Bonchev–Trinajstić information content (AvgIpc) is 2.76. The van der Waals surface area contributed by atoms with E-state index in [1.807, 2.05) is 24.3 Å². The van der Waals surface area contributed by atoms with Gasteiger partial charge in [-0.25, -0.2) is 4.39 Å². The molecule has 154 valence electrons. The third-order valence-corrected chi connectivity index (χ3v) is 5.41. The Kier molecular flexibility index (Phi) is 7.22. The minimum absolute atomic E-state index is 0.0256. The summed E-state index contributed by atoms with van der Waals surface area (Å²) < 4.78 is 19.0. The summed E-state index contributed by atoms with van der Waals surface area (Å²) in [6.07, 6.45) is 2.94. The summed E-state index contributed by atoms with van der Waals surface area (Å²) in [5.41, 5.74) is 1.13. The van der Waals surface area contributed by atoms with Gasteiger partial charge in [0.15, 0.2) is 0 Å². The van der Waals surface area contributed by atoms with Crippen molar-refractivity contribution in [2.24, 2.45) is 5.92 Å². The van der Waals surface area contributed by atoms with E-state index in [0.29, 0.717) is 32.0 Å². The predicted octanol–water partition coefficient (Wildman–Crippen LogP) is 3.78. The van der Waals surface area contributed by atoms with Gasteiger partial charge in [-0.2, -0.15) is 0 Å². The first-order valence-electron chi connectivity index (χ1n) is 10.00. The quantitative estimate of drug-likeness (QED) is 0.772. The molecule has 1 saturated heterocycles. The highest BCUT2D eigenvalue weighted by molar-refractivity contribution is 5.94. The topological polar surface area (TPSA) is 58.6 Å². The van der Waals surface area contributed by atoms with Crippen molar-refractivity contribution in [3.05, 3.63) is 65.5 Å². The Balaban J connectivity index is 1.39. The van der Waals surface area contributed by atoms with Crippen molar-refractivity contribution in [2.45, 2.75) is 32.2 Å². The molecule has 1 aliphatic heterocycles. The van der Waals surface area contributed by atoms with Crippen LogP contribution in [-0.2, 0) is 11.3 Å². The van der Waals surface area contributed by atoms with Crippen LogP contribution < -0.4 is 10.1 Å². The standard InChI is InChI=1S/C23H27FN2O3/c1-29-19-6-4-5-18(15-19)16-25-22(27)10-9-17-11-13-26(14-12-17)23(28)20-7-2-3-8-21(20)24/h2-8,15,17H,9-14,16H2,1H3,(H,25,27). The zero-order valence-corrected chi connectivity index (χ0v) is 16.7. The van der Waals surface area contributed by atoms with Crippen molar-refractivity contribution in [1.82, 2.24) is 10.2 Å². The molecular formula is C23H27FN2O3. The SMILES string of the molecule is COc1cccc(CNC(=O)CCC2CCN(C(=O)c3ccccc3F)CC2)c1. The lowest BCUT2D eigenvalue weighted by atomic mass is 9.91. The number of hydrogen-bond donors (Lipinski definition) is 1. The van der Waals surface area contributed by atoms with Gasteiger partial charge in [-0.15, -0.1) is 0 Å². The molecule has 2 aromatic rings. The Morgan fingerprint density at radius 2 is 1.90 bits per heavy atom. The van der Waals surface area contributed by atoms with Crippen LogP contribution in [0, 0.1) is 11.7 Å². The van der Waals surface area contributed by atoms with Crippen LogP contribution in [0.15, 0.2) is 48.5 Å². The molecule has 1 N–H and O–H groups in total. The number of amides is 2. The first-order valence-corrected chi connectivity index (χ1v) is 10.00. The summed E-state index contributed by atoms with van der Waals surface area (Å²) in [6, 6.07) is 13.7. The normalized spacial score (nSPS) is 14.5. The summed E-state index contributed by atoms with van der Waals surface area (Å²) in [5.74, 6) is 0.471. The van der Waals surface area contributed by atoms with Crippen molar-refractivity contribution >= 4 is 11.8 Å². The molecule has 0 saturated carbocycles. The maximum absolute atomic E-state index is 13.8. The van der Waals surface area contributed by atoms with E-state index in [-0.39, 0.29) is 17.4 Å². The van der Waals surface area contributed by atoms with Crippen LogP contribution in [0.1, 0.15) is 41.6 Å². The Morgan fingerprint density at radius 1 is 1.14 bits per heavy atom. The highest BCUT2D eigenvalue weighted by Gasteiger charge is 2.25. The number of likely N-dealkylation sites (tertiary alicyclic amines) is 1. The number of halogens is 1. The van der Waals surface area contributed by atoms with Crippen molar-refractivity contribution in [1.29, 1.82) is 0 Å². The van der Waals surface area contributed by atoms with E-state index in [1.54, 1.807) is 24.1 Å². The third kappa shape index (κ3) is 5.79. The van der Waals surface area contributed by atoms with Crippen LogP contribution in [0.2, 0.25) is 0 Å². The van der Waals surface area contributed by atoms with E-state index in [2.05, 4.69) is 5.32 Å². The van der Waals surface area contributed by atoms with Gasteiger partial charge in [0.05, 0.1) is 12.7 Å². The van der Waals surface area contributed by atoms with Crippen LogP contribution in [0.4, 0.5) is 4.39 Å². The van der Waals surface area contributed by atoms with Gasteiger partial charge in [-0.3, -0.25) is 9.59 Å². The maximum atomic E-state index is 13.8. The van der Waals surface area contributed by atoms with Gasteiger partial charge in [-0.1, -0.05) is 24.3 Å². The lowest BCUT2D eigenvalue weighted by Gasteiger charge is -2.32. The van der Waals surface area contributed by atoms with Gasteiger partial charge in [0, 0.05) is 26.1 Å². The second kappa shape index (κ2) is 10.0. The van der Waals surface area contributed by atoms with Crippen molar-refractivity contribution in [2.75, 3.05) is 20.2 Å². The maximum Gasteiger partial charge on any atom is 0.256 e. The molecule has 0 aromatic heterocycles. The number of ether oxygens (including phenoxy) is 1. The lowest BCUT2D eigenvalue weighted by Crippen LogP contribution is -2.39. The summed E-state index contributed by atoms with van der Waals surface area (Å²) in [7, 11) is 1.62. The Hall–Kier alpha value is -2.89. The monoisotopic (exact) mass is 398 g/mol. The van der Waals surface area contributed by atoms with Gasteiger partial charge >= 0.3 is 0 Å². The largest absolute Gasteiger partial charge is 0.497 e. The predicted molar refractivity (Wildman–Crippen MR) is 109 cm³/mol. The summed E-state index contributed by atoms with van der Waals surface area (Å²) in [5, 5.41) is 2.94. The van der Waals surface area contributed by atoms with Crippen LogP contribution in [0.25, 0.3) is 0 Å². The number of rotatable bonds is 7. The second-order valence-corrected chi connectivity index (χ2v) is 7.38. The van der Waals surface area contributed by atoms with Crippen molar-refractivity contribution < 1.29 is 18.7 Å². The molecular weight excluding hydrogens is 371 g/mol. The molecule has 6 heteroatoms. The van der Waals surface area contributed by atoms with Gasteiger partial charge < -0.3 is 15.0 Å². The molecule has 0 bridgehead atoms. The molecule has 1 aliphatic rings. The van der Waals surface area contributed by atoms with Crippen molar-refractivity contribution in [3.63, 3.8) is 0 Å². The molecule has 2 aromatic carbocycles. The summed E-state index contributed by atoms with van der Waals surface area (Å²) in [4.78, 5) is 26.3. The second-order valence-electron chi connectivity index (χ2n) is 7.38. The number of nitrogens with zero attached hydrogens (tertiary/aromatic N) is 1.